The number of thioether (sulfide) groups is 1. The second-order valence-electron chi connectivity index (χ2n) is 9.56. The van der Waals surface area contributed by atoms with E-state index in [1.807, 2.05) is 120 Å². The fourth-order valence-electron chi connectivity index (χ4n) is 4.89. The molecule has 0 atom stereocenters. The molecule has 1 N–H and O–H groups in total. The summed E-state index contributed by atoms with van der Waals surface area (Å²) in [6, 6.07) is 37.5. The third-order valence-corrected chi connectivity index (χ3v) is 7.82. The Hall–Kier alpha value is -4.36. The van der Waals surface area contributed by atoms with Crippen LogP contribution in [0.4, 0.5) is 0 Å². The topological polar surface area (TPSA) is 75.4 Å². The van der Waals surface area contributed by atoms with Crippen molar-refractivity contribution in [3.05, 3.63) is 132 Å². The van der Waals surface area contributed by atoms with Gasteiger partial charge in [-0.25, -0.2) is 4.98 Å². The molecule has 0 spiro atoms. The number of nitrogens with zero attached hydrogens (tertiary/aromatic N) is 3. The number of aromatic nitrogens is 2. The van der Waals surface area contributed by atoms with E-state index < -0.39 is 11.9 Å². The average molecular weight is 550 g/mol. The molecular weight excluding hydrogens is 518 g/mol. The van der Waals surface area contributed by atoms with Crippen LogP contribution in [0, 0.1) is 0 Å². The highest BCUT2D eigenvalue weighted by atomic mass is 32.2. The summed E-state index contributed by atoms with van der Waals surface area (Å²) < 4.78 is 1.75. The van der Waals surface area contributed by atoms with Crippen LogP contribution in [-0.2, 0) is 22.7 Å². The van der Waals surface area contributed by atoms with E-state index in [-0.39, 0.29) is 12.5 Å². The predicted molar refractivity (Wildman–Crippen MR) is 159 cm³/mol. The molecule has 0 fully saturated rings. The molecule has 1 amide bonds. The maximum Gasteiger partial charge on any atom is 0.323 e. The van der Waals surface area contributed by atoms with Crippen molar-refractivity contribution in [1.82, 2.24) is 14.5 Å². The zero-order valence-corrected chi connectivity index (χ0v) is 22.9. The molecule has 0 bridgehead atoms. The molecule has 0 saturated carbocycles. The van der Waals surface area contributed by atoms with Crippen molar-refractivity contribution in [2.45, 2.75) is 30.6 Å². The maximum atomic E-state index is 14.2. The Balaban J connectivity index is 1.36. The largest absolute Gasteiger partial charge is 0.480 e. The molecule has 6 nitrogen and oxygen atoms in total. The SMILES string of the molecule is O=C(O)Cn1c(SCCCN(Cc2ccccc2)C(=O)C(c2ccccc2)c2ccccc2)nc2ccccc21. The lowest BCUT2D eigenvalue weighted by molar-refractivity contribution is -0.137. The number of imidazole rings is 1. The summed E-state index contributed by atoms with van der Waals surface area (Å²) in [6.07, 6.45) is 0.732. The number of carbonyl (C=O) groups is 2. The van der Waals surface area contributed by atoms with Crippen LogP contribution in [0.3, 0.4) is 0 Å². The lowest BCUT2D eigenvalue weighted by Crippen LogP contribution is -2.36. The van der Waals surface area contributed by atoms with E-state index in [2.05, 4.69) is 4.98 Å². The van der Waals surface area contributed by atoms with Gasteiger partial charge in [0.15, 0.2) is 5.16 Å². The minimum Gasteiger partial charge on any atom is -0.480 e. The molecule has 202 valence electrons. The minimum atomic E-state index is -0.905. The molecular formula is C33H31N3O3S. The lowest BCUT2D eigenvalue weighted by atomic mass is 9.90. The molecule has 5 aromatic rings. The van der Waals surface area contributed by atoms with Gasteiger partial charge in [-0.2, -0.15) is 0 Å². The third-order valence-electron chi connectivity index (χ3n) is 6.76. The number of para-hydroxylation sites is 2. The number of aliphatic carboxylic acids is 1. The van der Waals surface area contributed by atoms with Gasteiger partial charge >= 0.3 is 5.97 Å². The first-order valence-electron chi connectivity index (χ1n) is 13.3. The maximum absolute atomic E-state index is 14.2. The zero-order valence-electron chi connectivity index (χ0n) is 22.1. The normalized spacial score (nSPS) is 11.1. The quantitative estimate of drug-likeness (QED) is 0.143. The molecule has 0 aliphatic rings. The molecule has 0 unspecified atom stereocenters. The molecule has 40 heavy (non-hydrogen) atoms. The van der Waals surface area contributed by atoms with E-state index in [1.165, 1.54) is 11.8 Å². The van der Waals surface area contributed by atoms with E-state index in [1.54, 1.807) is 4.57 Å². The summed E-state index contributed by atoms with van der Waals surface area (Å²) in [5.41, 5.74) is 4.59. The van der Waals surface area contributed by atoms with E-state index in [0.717, 1.165) is 34.1 Å². The summed E-state index contributed by atoms with van der Waals surface area (Å²) in [7, 11) is 0. The highest BCUT2D eigenvalue weighted by Gasteiger charge is 2.27. The summed E-state index contributed by atoms with van der Waals surface area (Å²) >= 11 is 1.53. The Labute approximate surface area is 238 Å². The number of hydrogen-bond acceptors (Lipinski definition) is 4. The first-order valence-corrected chi connectivity index (χ1v) is 14.3. The van der Waals surface area contributed by atoms with Crippen LogP contribution in [-0.4, -0.2) is 43.7 Å². The Morgan fingerprint density at radius 3 is 2.00 bits per heavy atom. The van der Waals surface area contributed by atoms with Crippen molar-refractivity contribution in [2.75, 3.05) is 12.3 Å². The Morgan fingerprint density at radius 2 is 1.38 bits per heavy atom. The summed E-state index contributed by atoms with van der Waals surface area (Å²) in [4.78, 5) is 32.4. The van der Waals surface area contributed by atoms with E-state index in [4.69, 9.17) is 0 Å². The third kappa shape index (κ3) is 6.61. The highest BCUT2D eigenvalue weighted by Crippen LogP contribution is 2.29. The van der Waals surface area contributed by atoms with Gasteiger partial charge in [-0.15, -0.1) is 0 Å². The molecule has 1 heterocycles. The van der Waals surface area contributed by atoms with Gasteiger partial charge in [0.1, 0.15) is 6.54 Å². The van der Waals surface area contributed by atoms with Crippen molar-refractivity contribution in [2.24, 2.45) is 0 Å². The van der Waals surface area contributed by atoms with Crippen LogP contribution in [0.5, 0.6) is 0 Å². The molecule has 0 saturated heterocycles. The number of carboxylic acids is 1. The predicted octanol–water partition coefficient (Wildman–Crippen LogP) is 6.46. The van der Waals surface area contributed by atoms with Crippen molar-refractivity contribution >= 4 is 34.7 Å². The van der Waals surface area contributed by atoms with Gasteiger partial charge in [0, 0.05) is 18.8 Å². The van der Waals surface area contributed by atoms with Gasteiger partial charge in [0.05, 0.1) is 17.0 Å². The second kappa shape index (κ2) is 13.1. The fourth-order valence-corrected chi connectivity index (χ4v) is 5.83. The number of amides is 1. The zero-order chi connectivity index (χ0) is 27.7. The average Bonchev–Trinajstić information content (AvgIpc) is 3.33. The smallest absolute Gasteiger partial charge is 0.323 e. The number of carbonyl (C=O) groups excluding carboxylic acids is 1. The minimum absolute atomic E-state index is 0.0596. The number of carboxylic acid groups (broad SMARTS) is 1. The highest BCUT2D eigenvalue weighted by molar-refractivity contribution is 7.99. The van der Waals surface area contributed by atoms with Gasteiger partial charge in [-0.1, -0.05) is 115 Å². The Kier molecular flexibility index (Phi) is 8.93. The van der Waals surface area contributed by atoms with Crippen LogP contribution in [0.2, 0.25) is 0 Å². The molecule has 0 aliphatic heterocycles. The van der Waals surface area contributed by atoms with Crippen LogP contribution >= 0.6 is 11.8 Å². The van der Waals surface area contributed by atoms with Gasteiger partial charge in [-0.3, -0.25) is 9.59 Å². The van der Waals surface area contributed by atoms with Crippen LogP contribution in [0.1, 0.15) is 29.0 Å². The van der Waals surface area contributed by atoms with Gasteiger partial charge in [-0.05, 0) is 35.2 Å². The number of rotatable bonds is 12. The molecule has 5 rings (SSSR count). The summed E-state index contributed by atoms with van der Waals surface area (Å²) in [6.45, 7) is 0.936. The van der Waals surface area contributed by atoms with Crippen molar-refractivity contribution in [3.8, 4) is 0 Å². The molecule has 4 aromatic carbocycles. The van der Waals surface area contributed by atoms with E-state index in [0.29, 0.717) is 24.0 Å². The second-order valence-corrected chi connectivity index (χ2v) is 10.6. The fraction of sp³-hybridized carbons (Fsp3) is 0.182. The first kappa shape index (κ1) is 27.2. The van der Waals surface area contributed by atoms with Gasteiger partial charge in [0.2, 0.25) is 5.91 Å². The van der Waals surface area contributed by atoms with Crippen molar-refractivity contribution < 1.29 is 14.7 Å². The van der Waals surface area contributed by atoms with Crippen LogP contribution < -0.4 is 0 Å². The molecule has 1 aromatic heterocycles. The van der Waals surface area contributed by atoms with Crippen molar-refractivity contribution in [1.29, 1.82) is 0 Å². The summed E-state index contributed by atoms with van der Waals surface area (Å²) in [5, 5.41) is 10.1. The molecule has 7 heteroatoms. The number of hydrogen-bond donors (Lipinski definition) is 1. The van der Waals surface area contributed by atoms with E-state index in [9.17, 15) is 14.7 Å². The lowest BCUT2D eigenvalue weighted by Gasteiger charge is -2.28. The molecule has 0 radical (unpaired) electrons. The van der Waals surface area contributed by atoms with Crippen LogP contribution in [0.25, 0.3) is 11.0 Å². The van der Waals surface area contributed by atoms with Gasteiger partial charge in [0.25, 0.3) is 0 Å². The summed E-state index contributed by atoms with van der Waals surface area (Å²) in [5.74, 6) is -0.552. The number of fused-ring (bicyclic) bond motifs is 1. The Bertz CT molecular complexity index is 1520. The molecule has 0 aliphatic carbocycles. The Morgan fingerprint density at radius 1 is 0.800 bits per heavy atom. The van der Waals surface area contributed by atoms with E-state index >= 15 is 0 Å². The van der Waals surface area contributed by atoms with Crippen LogP contribution in [0.15, 0.2) is 120 Å². The number of benzene rings is 4. The first-order chi connectivity index (χ1) is 19.6. The van der Waals surface area contributed by atoms with Crippen molar-refractivity contribution in [3.63, 3.8) is 0 Å². The van der Waals surface area contributed by atoms with Gasteiger partial charge < -0.3 is 14.6 Å². The monoisotopic (exact) mass is 549 g/mol. The standard InChI is InChI=1S/C33H31N3O3S/c37-30(38)24-36-29-20-11-10-19-28(29)34-33(36)40-22-12-21-35(23-25-13-4-1-5-14-25)32(39)31(26-15-6-2-7-16-26)27-17-8-3-9-18-27/h1-11,13-20,31H,12,21-24H2,(H,37,38).